The van der Waals surface area contributed by atoms with Gasteiger partial charge in [0.25, 0.3) is 5.91 Å². The lowest BCUT2D eigenvalue weighted by Crippen LogP contribution is -2.30. The van der Waals surface area contributed by atoms with E-state index in [-0.39, 0.29) is 5.91 Å². The zero-order valence-electron chi connectivity index (χ0n) is 12.5. The van der Waals surface area contributed by atoms with E-state index in [0.717, 1.165) is 16.3 Å². The zero-order valence-corrected chi connectivity index (χ0v) is 14.1. The topological polar surface area (TPSA) is 38.3 Å². The highest BCUT2D eigenvalue weighted by atomic mass is 35.5. The highest BCUT2D eigenvalue weighted by Crippen LogP contribution is 2.27. The lowest BCUT2D eigenvalue weighted by molar-refractivity contribution is -0.122. The summed E-state index contributed by atoms with van der Waals surface area (Å²) in [5.41, 5.74) is 0.806. The Balaban J connectivity index is 2.02. The lowest BCUT2D eigenvalue weighted by atomic mass is 10.3. The van der Waals surface area contributed by atoms with E-state index in [2.05, 4.69) is 12.2 Å². The van der Waals surface area contributed by atoms with Crippen molar-refractivity contribution >= 4 is 35.0 Å². The van der Waals surface area contributed by atoms with Gasteiger partial charge in [0, 0.05) is 9.92 Å². The monoisotopic (exact) mass is 335 g/mol. The molecule has 0 aliphatic carbocycles. The molecule has 0 aliphatic rings. The molecule has 0 bridgehead atoms. The van der Waals surface area contributed by atoms with Crippen LogP contribution in [0, 0.1) is 0 Å². The second-order valence-electron chi connectivity index (χ2n) is 4.64. The van der Waals surface area contributed by atoms with E-state index in [1.54, 1.807) is 43.0 Å². The first-order chi connectivity index (χ1) is 10.6. The number of anilines is 1. The molecule has 22 heavy (non-hydrogen) atoms. The maximum atomic E-state index is 12.3. The van der Waals surface area contributed by atoms with Crippen molar-refractivity contribution in [3.63, 3.8) is 0 Å². The van der Waals surface area contributed by atoms with Crippen LogP contribution in [-0.2, 0) is 4.79 Å². The highest BCUT2D eigenvalue weighted by Gasteiger charge is 2.16. The predicted molar refractivity (Wildman–Crippen MR) is 93.0 cm³/mol. The van der Waals surface area contributed by atoms with Crippen LogP contribution in [0.2, 0.25) is 5.02 Å². The van der Waals surface area contributed by atoms with Gasteiger partial charge in [0.1, 0.15) is 5.75 Å². The van der Waals surface area contributed by atoms with Crippen molar-refractivity contribution < 1.29 is 9.53 Å². The fourth-order valence-electron chi connectivity index (χ4n) is 1.88. The van der Waals surface area contributed by atoms with Gasteiger partial charge >= 0.3 is 0 Å². The van der Waals surface area contributed by atoms with Gasteiger partial charge in [-0.25, -0.2) is 0 Å². The molecule has 0 spiro atoms. The number of halogens is 1. The van der Waals surface area contributed by atoms with Crippen LogP contribution in [0.4, 0.5) is 5.69 Å². The number of hydrogen-bond acceptors (Lipinski definition) is 3. The molecule has 0 fully saturated rings. The van der Waals surface area contributed by atoms with E-state index < -0.39 is 6.10 Å². The smallest absolute Gasteiger partial charge is 0.265 e. The number of para-hydroxylation sites is 1. The molecule has 0 saturated heterocycles. The van der Waals surface area contributed by atoms with Crippen molar-refractivity contribution in [2.45, 2.75) is 24.8 Å². The third-order valence-electron chi connectivity index (χ3n) is 2.92. The molecular weight excluding hydrogens is 318 g/mol. The maximum absolute atomic E-state index is 12.3. The Labute approximate surface area is 140 Å². The Morgan fingerprint density at radius 2 is 2.05 bits per heavy atom. The molecule has 2 aromatic carbocycles. The number of carbonyl (C=O) groups excluding carboxylic acids is 1. The van der Waals surface area contributed by atoms with Crippen LogP contribution in [0.3, 0.4) is 0 Å². The van der Waals surface area contributed by atoms with Crippen molar-refractivity contribution in [3.05, 3.63) is 53.6 Å². The van der Waals surface area contributed by atoms with Crippen LogP contribution in [-0.4, -0.2) is 17.8 Å². The number of ether oxygens (including phenoxy) is 1. The third kappa shape index (κ3) is 4.68. The van der Waals surface area contributed by atoms with Crippen molar-refractivity contribution in [1.29, 1.82) is 0 Å². The summed E-state index contributed by atoms with van der Waals surface area (Å²) < 4.78 is 5.63. The van der Waals surface area contributed by atoms with E-state index in [1.165, 1.54) is 0 Å². The maximum Gasteiger partial charge on any atom is 0.265 e. The molecule has 0 radical (unpaired) electrons. The Morgan fingerprint density at radius 3 is 2.77 bits per heavy atom. The third-order valence-corrected chi connectivity index (χ3v) is 4.11. The SMILES string of the molecule is CCSc1ccccc1NC(=O)[C@@H](C)Oc1cccc(Cl)c1. The number of nitrogens with one attached hydrogen (secondary N) is 1. The van der Waals surface area contributed by atoms with Gasteiger partial charge in [-0.15, -0.1) is 11.8 Å². The molecule has 0 heterocycles. The molecule has 0 unspecified atom stereocenters. The van der Waals surface area contributed by atoms with Crippen molar-refractivity contribution in [2.75, 3.05) is 11.1 Å². The van der Waals surface area contributed by atoms with Crippen LogP contribution in [0.5, 0.6) is 5.75 Å². The second-order valence-corrected chi connectivity index (χ2v) is 6.38. The minimum atomic E-state index is -0.613. The van der Waals surface area contributed by atoms with Gasteiger partial charge < -0.3 is 10.1 Å². The molecule has 2 rings (SSSR count). The van der Waals surface area contributed by atoms with Gasteiger partial charge in [-0.3, -0.25) is 4.79 Å². The molecule has 116 valence electrons. The number of amides is 1. The first-order valence-electron chi connectivity index (χ1n) is 7.05. The van der Waals surface area contributed by atoms with Crippen molar-refractivity contribution in [1.82, 2.24) is 0 Å². The molecule has 0 aromatic heterocycles. The molecule has 0 aliphatic heterocycles. The van der Waals surface area contributed by atoms with Crippen LogP contribution in [0.15, 0.2) is 53.4 Å². The average Bonchev–Trinajstić information content (AvgIpc) is 2.49. The minimum absolute atomic E-state index is 0.191. The van der Waals surface area contributed by atoms with Gasteiger partial charge in [0.05, 0.1) is 5.69 Å². The molecule has 5 heteroatoms. The molecule has 3 nitrogen and oxygen atoms in total. The Bertz CT molecular complexity index is 648. The first kappa shape index (κ1) is 16.7. The summed E-state index contributed by atoms with van der Waals surface area (Å²) in [7, 11) is 0. The number of thioether (sulfide) groups is 1. The summed E-state index contributed by atoms with van der Waals surface area (Å²) in [5.74, 6) is 1.33. The minimum Gasteiger partial charge on any atom is -0.481 e. The van der Waals surface area contributed by atoms with Crippen LogP contribution >= 0.6 is 23.4 Å². The summed E-state index contributed by atoms with van der Waals surface area (Å²) in [5, 5.41) is 3.49. The number of rotatable bonds is 6. The molecule has 0 saturated carbocycles. The highest BCUT2D eigenvalue weighted by molar-refractivity contribution is 7.99. The van der Waals surface area contributed by atoms with Gasteiger partial charge in [-0.2, -0.15) is 0 Å². The quantitative estimate of drug-likeness (QED) is 0.766. The number of hydrogen-bond donors (Lipinski definition) is 1. The normalized spacial score (nSPS) is 11.8. The Hall–Kier alpha value is -1.65. The summed E-state index contributed by atoms with van der Waals surface area (Å²) >= 11 is 7.60. The summed E-state index contributed by atoms with van der Waals surface area (Å²) in [6.07, 6.45) is -0.613. The Kier molecular flexibility index (Phi) is 6.16. The van der Waals surface area contributed by atoms with Crippen LogP contribution in [0.1, 0.15) is 13.8 Å². The molecule has 2 aromatic rings. The summed E-state index contributed by atoms with van der Waals surface area (Å²) in [4.78, 5) is 13.3. The molecule has 1 atom stereocenters. The van der Waals surface area contributed by atoms with E-state index >= 15 is 0 Å². The molecule has 1 N–H and O–H groups in total. The first-order valence-corrected chi connectivity index (χ1v) is 8.41. The van der Waals surface area contributed by atoms with E-state index in [4.69, 9.17) is 16.3 Å². The summed E-state index contributed by atoms with van der Waals surface area (Å²) in [6.45, 7) is 3.79. The summed E-state index contributed by atoms with van der Waals surface area (Å²) in [6, 6.07) is 14.8. The standard InChI is InChI=1S/C17H18ClNO2S/c1-3-22-16-10-5-4-9-15(16)19-17(20)12(2)21-14-8-6-7-13(18)11-14/h4-12H,3H2,1-2H3,(H,19,20)/t12-/m1/s1. The van der Waals surface area contributed by atoms with Gasteiger partial charge in [-0.1, -0.05) is 36.7 Å². The number of carbonyl (C=O) groups is 1. The van der Waals surface area contributed by atoms with Gasteiger partial charge in [-0.05, 0) is 43.0 Å². The van der Waals surface area contributed by atoms with E-state index in [1.807, 2.05) is 24.3 Å². The number of benzene rings is 2. The van der Waals surface area contributed by atoms with Crippen LogP contribution in [0.25, 0.3) is 0 Å². The van der Waals surface area contributed by atoms with Gasteiger partial charge in [0.2, 0.25) is 0 Å². The molecular formula is C17H18ClNO2S. The van der Waals surface area contributed by atoms with E-state index in [0.29, 0.717) is 10.8 Å². The fourth-order valence-corrected chi connectivity index (χ4v) is 2.82. The van der Waals surface area contributed by atoms with Gasteiger partial charge in [0.15, 0.2) is 6.10 Å². The van der Waals surface area contributed by atoms with E-state index in [9.17, 15) is 4.79 Å². The molecule has 1 amide bonds. The van der Waals surface area contributed by atoms with Crippen LogP contribution < -0.4 is 10.1 Å². The Morgan fingerprint density at radius 1 is 1.27 bits per heavy atom. The van der Waals surface area contributed by atoms with Crippen molar-refractivity contribution in [3.8, 4) is 5.75 Å². The predicted octanol–water partition coefficient (Wildman–Crippen LogP) is 4.86. The lowest BCUT2D eigenvalue weighted by Gasteiger charge is -2.16. The fraction of sp³-hybridized carbons (Fsp3) is 0.235. The van der Waals surface area contributed by atoms with Crippen molar-refractivity contribution in [2.24, 2.45) is 0 Å². The largest absolute Gasteiger partial charge is 0.481 e. The average molecular weight is 336 g/mol. The zero-order chi connectivity index (χ0) is 15.9. The second kappa shape index (κ2) is 8.11.